The molecule has 1 unspecified atom stereocenters. The van der Waals surface area contributed by atoms with E-state index in [1.54, 1.807) is 29.5 Å². The molecule has 0 aliphatic heterocycles. The normalized spacial score (nSPS) is 15.9. The number of rotatable bonds is 2. The second-order valence-corrected chi connectivity index (χ2v) is 5.54. The van der Waals surface area contributed by atoms with Gasteiger partial charge in [0.2, 0.25) is 0 Å². The highest BCUT2D eigenvalue weighted by molar-refractivity contribution is 7.12. The molecule has 17 heavy (non-hydrogen) atoms. The van der Waals surface area contributed by atoms with Crippen LogP contribution in [0.1, 0.15) is 33.4 Å². The zero-order chi connectivity index (χ0) is 11.8. The average Bonchev–Trinajstić information content (AvgIpc) is 2.88. The highest BCUT2D eigenvalue weighted by Crippen LogP contribution is 2.36. The second kappa shape index (κ2) is 4.24. The molecule has 1 N–H and O–H groups in total. The first-order valence-corrected chi connectivity index (χ1v) is 6.61. The highest BCUT2D eigenvalue weighted by Gasteiger charge is 2.21. The van der Waals surface area contributed by atoms with Crippen LogP contribution < -0.4 is 0 Å². The van der Waals surface area contributed by atoms with Crippen molar-refractivity contribution in [1.82, 2.24) is 0 Å². The minimum atomic E-state index is -0.827. The molecule has 1 aromatic carbocycles. The van der Waals surface area contributed by atoms with Gasteiger partial charge in [-0.1, -0.05) is 18.2 Å². The van der Waals surface area contributed by atoms with E-state index in [0.717, 1.165) is 17.7 Å². The molecular formula is C14H13FOS. The number of halogens is 1. The first-order valence-electron chi connectivity index (χ1n) is 5.79. The van der Waals surface area contributed by atoms with Crippen LogP contribution in [-0.2, 0) is 12.8 Å². The third-order valence-corrected chi connectivity index (χ3v) is 4.52. The summed E-state index contributed by atoms with van der Waals surface area (Å²) in [6, 6.07) is 8.46. The van der Waals surface area contributed by atoms with Crippen molar-refractivity contribution in [1.29, 1.82) is 0 Å². The SMILES string of the molecule is OC(c1cc2c(s1)CCC2)c1ccccc1F. The van der Waals surface area contributed by atoms with Gasteiger partial charge in [0, 0.05) is 15.3 Å². The lowest BCUT2D eigenvalue weighted by Gasteiger charge is -2.09. The summed E-state index contributed by atoms with van der Waals surface area (Å²) < 4.78 is 13.6. The van der Waals surface area contributed by atoms with Crippen molar-refractivity contribution in [2.75, 3.05) is 0 Å². The smallest absolute Gasteiger partial charge is 0.129 e. The van der Waals surface area contributed by atoms with E-state index in [0.29, 0.717) is 5.56 Å². The van der Waals surface area contributed by atoms with Crippen LogP contribution in [-0.4, -0.2) is 5.11 Å². The summed E-state index contributed by atoms with van der Waals surface area (Å²) in [7, 11) is 0. The Kier molecular flexibility index (Phi) is 2.73. The summed E-state index contributed by atoms with van der Waals surface area (Å²) in [4.78, 5) is 2.22. The maximum Gasteiger partial charge on any atom is 0.129 e. The quantitative estimate of drug-likeness (QED) is 0.863. The van der Waals surface area contributed by atoms with Gasteiger partial charge in [0.25, 0.3) is 0 Å². The van der Waals surface area contributed by atoms with Crippen molar-refractivity contribution in [3.05, 3.63) is 57.0 Å². The Bertz CT molecular complexity index is 525. The predicted octanol–water partition coefficient (Wildman–Crippen LogP) is 3.46. The molecule has 0 saturated heterocycles. The second-order valence-electron chi connectivity index (χ2n) is 4.37. The van der Waals surface area contributed by atoms with E-state index in [9.17, 15) is 9.50 Å². The highest BCUT2D eigenvalue weighted by atomic mass is 32.1. The number of aliphatic hydroxyl groups is 1. The molecule has 2 aromatic rings. The summed E-state index contributed by atoms with van der Waals surface area (Å²) in [6.45, 7) is 0. The molecule has 0 spiro atoms. The predicted molar refractivity (Wildman–Crippen MR) is 66.8 cm³/mol. The fourth-order valence-corrected chi connectivity index (χ4v) is 3.60. The number of fused-ring (bicyclic) bond motifs is 1. The zero-order valence-corrected chi connectivity index (χ0v) is 10.1. The molecule has 88 valence electrons. The van der Waals surface area contributed by atoms with Crippen molar-refractivity contribution < 1.29 is 9.50 Å². The summed E-state index contributed by atoms with van der Waals surface area (Å²) in [5, 5.41) is 10.2. The standard InChI is InChI=1S/C14H13FOS/c15-11-6-2-1-5-10(11)14(16)13-8-9-4-3-7-12(9)17-13/h1-2,5-6,8,14,16H,3-4,7H2. The van der Waals surface area contributed by atoms with Gasteiger partial charge in [-0.15, -0.1) is 11.3 Å². The maximum atomic E-state index is 13.6. The Hall–Kier alpha value is -1.19. The third-order valence-electron chi connectivity index (χ3n) is 3.23. The van der Waals surface area contributed by atoms with Crippen molar-refractivity contribution in [2.45, 2.75) is 25.4 Å². The van der Waals surface area contributed by atoms with Gasteiger partial charge in [0.05, 0.1) is 0 Å². The molecule has 0 amide bonds. The van der Waals surface area contributed by atoms with Gasteiger partial charge in [0.1, 0.15) is 11.9 Å². The summed E-state index contributed by atoms with van der Waals surface area (Å²) >= 11 is 1.62. The molecule has 0 radical (unpaired) electrons. The summed E-state index contributed by atoms with van der Waals surface area (Å²) in [5.74, 6) is -0.339. The van der Waals surface area contributed by atoms with Crippen LogP contribution in [0, 0.1) is 5.82 Å². The van der Waals surface area contributed by atoms with E-state index in [2.05, 4.69) is 0 Å². The maximum absolute atomic E-state index is 13.6. The van der Waals surface area contributed by atoms with Crippen molar-refractivity contribution in [2.24, 2.45) is 0 Å². The number of benzene rings is 1. The number of hydrogen-bond acceptors (Lipinski definition) is 2. The van der Waals surface area contributed by atoms with Crippen molar-refractivity contribution in [3.63, 3.8) is 0 Å². The molecule has 3 heteroatoms. The minimum Gasteiger partial charge on any atom is -0.383 e. The Labute approximate surface area is 104 Å². The largest absolute Gasteiger partial charge is 0.383 e. The van der Waals surface area contributed by atoms with E-state index in [1.165, 1.54) is 22.9 Å². The topological polar surface area (TPSA) is 20.2 Å². The van der Waals surface area contributed by atoms with Gasteiger partial charge in [-0.3, -0.25) is 0 Å². The molecule has 1 aliphatic carbocycles. The molecule has 1 heterocycles. The van der Waals surface area contributed by atoms with Gasteiger partial charge in [-0.25, -0.2) is 4.39 Å². The van der Waals surface area contributed by atoms with Crippen LogP contribution in [0.2, 0.25) is 0 Å². The van der Waals surface area contributed by atoms with Crippen LogP contribution in [0.5, 0.6) is 0 Å². The number of hydrogen-bond donors (Lipinski definition) is 1. The molecule has 1 aromatic heterocycles. The minimum absolute atomic E-state index is 0.339. The van der Waals surface area contributed by atoms with Crippen LogP contribution in [0.4, 0.5) is 4.39 Å². The first kappa shape index (κ1) is 10.9. The lowest BCUT2D eigenvalue weighted by Crippen LogP contribution is -2.00. The zero-order valence-electron chi connectivity index (χ0n) is 9.32. The molecule has 1 atom stereocenters. The van der Waals surface area contributed by atoms with E-state index >= 15 is 0 Å². The monoisotopic (exact) mass is 248 g/mol. The van der Waals surface area contributed by atoms with E-state index < -0.39 is 6.10 Å². The van der Waals surface area contributed by atoms with Gasteiger partial charge >= 0.3 is 0 Å². The van der Waals surface area contributed by atoms with Crippen molar-refractivity contribution >= 4 is 11.3 Å². The van der Waals surface area contributed by atoms with Gasteiger partial charge in [-0.05, 0) is 37.0 Å². The molecule has 1 aliphatic rings. The third kappa shape index (κ3) is 1.90. The van der Waals surface area contributed by atoms with Crippen molar-refractivity contribution in [3.8, 4) is 0 Å². The van der Waals surface area contributed by atoms with Crippen LogP contribution >= 0.6 is 11.3 Å². The molecule has 0 fully saturated rings. The Balaban J connectivity index is 1.96. The van der Waals surface area contributed by atoms with Gasteiger partial charge in [0.15, 0.2) is 0 Å². The number of aliphatic hydroxyl groups excluding tert-OH is 1. The van der Waals surface area contributed by atoms with Gasteiger partial charge < -0.3 is 5.11 Å². The average molecular weight is 248 g/mol. The summed E-state index contributed by atoms with van der Waals surface area (Å²) in [5.41, 5.74) is 1.70. The number of thiophene rings is 1. The fourth-order valence-electron chi connectivity index (χ4n) is 2.34. The van der Waals surface area contributed by atoms with E-state index in [4.69, 9.17) is 0 Å². The van der Waals surface area contributed by atoms with Crippen LogP contribution in [0.25, 0.3) is 0 Å². The molecule has 0 saturated carbocycles. The lowest BCUT2D eigenvalue weighted by molar-refractivity contribution is 0.218. The number of aryl methyl sites for hydroxylation is 2. The first-order chi connectivity index (χ1) is 8.25. The molecular weight excluding hydrogens is 235 g/mol. The van der Waals surface area contributed by atoms with Gasteiger partial charge in [-0.2, -0.15) is 0 Å². The molecule has 3 rings (SSSR count). The van der Waals surface area contributed by atoms with E-state index in [1.807, 2.05) is 6.07 Å². The Morgan fingerprint density at radius 1 is 1.24 bits per heavy atom. The van der Waals surface area contributed by atoms with Crippen LogP contribution in [0.3, 0.4) is 0 Å². The summed E-state index contributed by atoms with van der Waals surface area (Å²) in [6.07, 6.45) is 2.57. The molecule has 0 bridgehead atoms. The van der Waals surface area contributed by atoms with Crippen LogP contribution in [0.15, 0.2) is 30.3 Å². The Morgan fingerprint density at radius 2 is 2.06 bits per heavy atom. The van der Waals surface area contributed by atoms with E-state index in [-0.39, 0.29) is 5.82 Å². The fraction of sp³-hybridized carbons (Fsp3) is 0.286. The Morgan fingerprint density at radius 3 is 2.82 bits per heavy atom. The lowest BCUT2D eigenvalue weighted by atomic mass is 10.1. The molecule has 1 nitrogen and oxygen atoms in total.